The summed E-state index contributed by atoms with van der Waals surface area (Å²) >= 11 is 0. The minimum Gasteiger partial charge on any atom is -0.370 e. The molecule has 4 nitrogen and oxygen atoms in total. The molecule has 0 spiro atoms. The van der Waals surface area contributed by atoms with Crippen LogP contribution in [-0.4, -0.2) is 38.0 Å². The smallest absolute Gasteiger partial charge is 0.185 e. The van der Waals surface area contributed by atoms with Gasteiger partial charge in [0.15, 0.2) is 5.96 Å². The van der Waals surface area contributed by atoms with Gasteiger partial charge in [0.05, 0.1) is 0 Å². The molecule has 0 aliphatic carbocycles. The lowest BCUT2D eigenvalue weighted by atomic mass is 10.2. The molecule has 0 saturated carbocycles. The van der Waals surface area contributed by atoms with E-state index in [0.29, 0.717) is 0 Å². The zero-order chi connectivity index (χ0) is 9.40. The maximum Gasteiger partial charge on any atom is 0.185 e. The third-order valence-corrected chi connectivity index (χ3v) is 1.60. The number of unbranched alkanes of at least 4 members (excludes halogenated alkanes) is 2. The molecule has 0 fully saturated rings. The quantitative estimate of drug-likeness (QED) is 0.341. The van der Waals surface area contributed by atoms with Gasteiger partial charge in [0.2, 0.25) is 0 Å². The van der Waals surface area contributed by atoms with Gasteiger partial charge in [-0.15, -0.1) is 12.4 Å². The Morgan fingerprint density at radius 2 is 1.92 bits per heavy atom. The number of nitrogens with zero attached hydrogens (tertiary/aromatic N) is 1. The number of nitrogens with two attached hydrogens (primary N) is 1. The molecule has 5 heteroatoms. The SMILES string of the molecule is CN(C)CCCCCNC(=N)N.Cl. The summed E-state index contributed by atoms with van der Waals surface area (Å²) in [5.74, 6) is 0.0719. The third kappa shape index (κ3) is 14.4. The first-order valence-electron chi connectivity index (χ1n) is 4.35. The summed E-state index contributed by atoms with van der Waals surface area (Å²) in [5, 5.41) is 9.68. The second-order valence-corrected chi connectivity index (χ2v) is 3.20. The van der Waals surface area contributed by atoms with Crippen LogP contribution in [0.5, 0.6) is 0 Å². The van der Waals surface area contributed by atoms with E-state index in [1.165, 1.54) is 12.8 Å². The van der Waals surface area contributed by atoms with Crippen LogP contribution < -0.4 is 11.1 Å². The highest BCUT2D eigenvalue weighted by Crippen LogP contribution is 1.94. The van der Waals surface area contributed by atoms with E-state index in [1.54, 1.807) is 0 Å². The molecule has 0 bridgehead atoms. The average Bonchev–Trinajstić information content (AvgIpc) is 1.95. The van der Waals surface area contributed by atoms with Crippen LogP contribution in [0, 0.1) is 5.41 Å². The van der Waals surface area contributed by atoms with Crippen molar-refractivity contribution in [3.63, 3.8) is 0 Å². The van der Waals surface area contributed by atoms with E-state index < -0.39 is 0 Å². The van der Waals surface area contributed by atoms with Gasteiger partial charge in [0.25, 0.3) is 0 Å². The van der Waals surface area contributed by atoms with Gasteiger partial charge in [-0.25, -0.2) is 0 Å². The van der Waals surface area contributed by atoms with Gasteiger partial charge in [0.1, 0.15) is 0 Å². The van der Waals surface area contributed by atoms with Gasteiger partial charge < -0.3 is 16.0 Å². The maximum atomic E-state index is 6.90. The molecule has 80 valence electrons. The van der Waals surface area contributed by atoms with Crippen LogP contribution in [0.1, 0.15) is 19.3 Å². The van der Waals surface area contributed by atoms with Crippen LogP contribution >= 0.6 is 12.4 Å². The molecule has 4 N–H and O–H groups in total. The Kier molecular flexibility index (Phi) is 11.1. The minimum absolute atomic E-state index is 0. The Labute approximate surface area is 86.8 Å². The number of nitrogens with one attached hydrogen (secondary N) is 2. The van der Waals surface area contributed by atoms with Crippen molar-refractivity contribution in [3.8, 4) is 0 Å². The lowest BCUT2D eigenvalue weighted by Crippen LogP contribution is -2.30. The van der Waals surface area contributed by atoms with Gasteiger partial charge in [-0.05, 0) is 33.5 Å². The monoisotopic (exact) mass is 208 g/mol. The number of rotatable bonds is 6. The minimum atomic E-state index is 0. The summed E-state index contributed by atoms with van der Waals surface area (Å²) < 4.78 is 0. The van der Waals surface area contributed by atoms with E-state index in [1.807, 2.05) is 0 Å². The van der Waals surface area contributed by atoms with Crippen molar-refractivity contribution in [2.24, 2.45) is 5.73 Å². The summed E-state index contributed by atoms with van der Waals surface area (Å²) in [4.78, 5) is 2.18. The number of hydrogen-bond acceptors (Lipinski definition) is 2. The van der Waals surface area contributed by atoms with E-state index in [0.717, 1.165) is 19.5 Å². The van der Waals surface area contributed by atoms with E-state index in [-0.39, 0.29) is 18.4 Å². The Morgan fingerprint density at radius 1 is 1.31 bits per heavy atom. The molecule has 0 aromatic rings. The fraction of sp³-hybridized carbons (Fsp3) is 0.875. The zero-order valence-electron chi connectivity index (χ0n) is 8.47. The summed E-state index contributed by atoms with van der Waals surface area (Å²) in [7, 11) is 4.15. The van der Waals surface area contributed by atoms with Crippen molar-refractivity contribution in [2.45, 2.75) is 19.3 Å². The van der Waals surface area contributed by atoms with Crippen LogP contribution in [0.2, 0.25) is 0 Å². The fourth-order valence-electron chi connectivity index (χ4n) is 0.953. The van der Waals surface area contributed by atoms with Gasteiger partial charge in [-0.1, -0.05) is 6.42 Å². The molecular weight excluding hydrogens is 188 g/mol. The highest BCUT2D eigenvalue weighted by molar-refractivity contribution is 5.85. The van der Waals surface area contributed by atoms with Gasteiger partial charge in [0, 0.05) is 6.54 Å². The molecule has 0 heterocycles. The Hall–Kier alpha value is -0.480. The lowest BCUT2D eigenvalue weighted by molar-refractivity contribution is 0.391. The molecule has 0 aromatic carbocycles. The first-order valence-corrected chi connectivity index (χ1v) is 4.35. The summed E-state index contributed by atoms with van der Waals surface area (Å²) in [6, 6.07) is 0. The van der Waals surface area contributed by atoms with Gasteiger partial charge >= 0.3 is 0 Å². The highest BCUT2D eigenvalue weighted by Gasteiger charge is 1.91. The number of halogens is 1. The van der Waals surface area contributed by atoms with Crippen molar-refractivity contribution in [3.05, 3.63) is 0 Å². The van der Waals surface area contributed by atoms with Crippen molar-refractivity contribution < 1.29 is 0 Å². The van der Waals surface area contributed by atoms with Crippen molar-refractivity contribution in [2.75, 3.05) is 27.2 Å². The molecule has 0 unspecified atom stereocenters. The topological polar surface area (TPSA) is 65.1 Å². The Bertz CT molecular complexity index is 127. The zero-order valence-corrected chi connectivity index (χ0v) is 9.28. The summed E-state index contributed by atoms with van der Waals surface area (Å²) in [5.41, 5.74) is 5.12. The highest BCUT2D eigenvalue weighted by atomic mass is 35.5. The molecule has 0 saturated heterocycles. The Balaban J connectivity index is 0. The summed E-state index contributed by atoms with van der Waals surface area (Å²) in [6.07, 6.45) is 3.50. The van der Waals surface area contributed by atoms with E-state index in [9.17, 15) is 0 Å². The van der Waals surface area contributed by atoms with E-state index in [4.69, 9.17) is 11.1 Å². The molecule has 13 heavy (non-hydrogen) atoms. The third-order valence-electron chi connectivity index (χ3n) is 1.60. The van der Waals surface area contributed by atoms with Crippen LogP contribution in [-0.2, 0) is 0 Å². The molecule has 0 aromatic heterocycles. The molecule has 0 amide bonds. The second kappa shape index (κ2) is 9.61. The van der Waals surface area contributed by atoms with E-state index >= 15 is 0 Å². The van der Waals surface area contributed by atoms with Gasteiger partial charge in [-0.3, -0.25) is 5.41 Å². The largest absolute Gasteiger partial charge is 0.370 e. The maximum absolute atomic E-state index is 6.90. The first kappa shape index (κ1) is 15.0. The predicted molar refractivity (Wildman–Crippen MR) is 59.6 cm³/mol. The normalized spacial score (nSPS) is 9.46. The molecule has 0 aliphatic rings. The van der Waals surface area contributed by atoms with Crippen LogP contribution in [0.4, 0.5) is 0 Å². The summed E-state index contributed by atoms with van der Waals surface area (Å²) in [6.45, 7) is 1.96. The number of hydrogen-bond donors (Lipinski definition) is 3. The standard InChI is InChI=1S/C8H20N4.ClH/c1-12(2)7-5-3-4-6-11-8(9)10;/h3-7H2,1-2H3,(H4,9,10,11);1H. The first-order chi connectivity index (χ1) is 5.63. The van der Waals surface area contributed by atoms with Crippen LogP contribution in [0.15, 0.2) is 0 Å². The van der Waals surface area contributed by atoms with Crippen molar-refractivity contribution >= 4 is 18.4 Å². The Morgan fingerprint density at radius 3 is 2.38 bits per heavy atom. The van der Waals surface area contributed by atoms with Crippen molar-refractivity contribution in [1.29, 1.82) is 5.41 Å². The molecular formula is C8H21ClN4. The average molecular weight is 209 g/mol. The molecule has 0 aliphatic heterocycles. The number of guanidine groups is 1. The fourth-order valence-corrected chi connectivity index (χ4v) is 0.953. The van der Waals surface area contributed by atoms with Crippen LogP contribution in [0.25, 0.3) is 0 Å². The molecule has 0 atom stereocenters. The lowest BCUT2D eigenvalue weighted by Gasteiger charge is -2.08. The molecule has 0 radical (unpaired) electrons. The second-order valence-electron chi connectivity index (χ2n) is 3.20. The predicted octanol–water partition coefficient (Wildman–Crippen LogP) is 0.623. The van der Waals surface area contributed by atoms with Crippen molar-refractivity contribution in [1.82, 2.24) is 10.2 Å². The van der Waals surface area contributed by atoms with Crippen LogP contribution in [0.3, 0.4) is 0 Å². The van der Waals surface area contributed by atoms with E-state index in [2.05, 4.69) is 24.3 Å². The molecule has 0 rings (SSSR count). The van der Waals surface area contributed by atoms with Gasteiger partial charge in [-0.2, -0.15) is 0 Å².